The number of H-pyrrole nitrogens is 1. The van der Waals surface area contributed by atoms with Crippen molar-refractivity contribution >= 4 is 27.6 Å². The fraction of sp³-hybridized carbons (Fsp3) is 0.333. The number of aromatic nitrogens is 3. The molecule has 0 radical (unpaired) electrons. The van der Waals surface area contributed by atoms with Crippen LogP contribution in [0.2, 0.25) is 0 Å². The zero-order valence-electron chi connectivity index (χ0n) is 23.9. The minimum atomic E-state index is -0.970. The van der Waals surface area contributed by atoms with Crippen LogP contribution in [0.5, 0.6) is 5.75 Å². The second-order valence-electron chi connectivity index (χ2n) is 11.1. The molecule has 5 aromatic rings. The average Bonchev–Trinajstić information content (AvgIpc) is 3.58. The van der Waals surface area contributed by atoms with E-state index in [0.29, 0.717) is 32.6 Å². The van der Waals surface area contributed by atoms with Crippen molar-refractivity contribution in [3.8, 4) is 16.9 Å². The summed E-state index contributed by atoms with van der Waals surface area (Å²) >= 11 is 0. The van der Waals surface area contributed by atoms with E-state index in [9.17, 15) is 9.90 Å². The number of rotatable bonds is 9. The number of nitrogens with one attached hydrogen (secondary N) is 1. The van der Waals surface area contributed by atoms with Gasteiger partial charge in [0.2, 0.25) is 0 Å². The number of fused-ring (bicyclic) bond motifs is 2. The Morgan fingerprint density at radius 1 is 1.10 bits per heavy atom. The van der Waals surface area contributed by atoms with Gasteiger partial charge in [-0.15, -0.1) is 0 Å². The summed E-state index contributed by atoms with van der Waals surface area (Å²) in [5.74, 6) is -0.727. The Labute approximate surface area is 238 Å². The molecule has 0 aliphatic carbocycles. The predicted octanol–water partition coefficient (Wildman–Crippen LogP) is 6.66. The number of carboxylic acids is 1. The number of para-hydroxylation sites is 1. The molecule has 0 saturated carbocycles. The number of aromatic amines is 1. The van der Waals surface area contributed by atoms with Crippen molar-refractivity contribution in [2.75, 3.05) is 13.2 Å². The van der Waals surface area contributed by atoms with Crippen molar-refractivity contribution in [3.63, 3.8) is 0 Å². The van der Waals surface area contributed by atoms with Gasteiger partial charge in [0.05, 0.1) is 31.0 Å². The number of nitrogens with zero attached hydrogens (tertiary/aromatic N) is 2. The first-order chi connectivity index (χ1) is 19.7. The average molecular weight is 554 g/mol. The molecule has 41 heavy (non-hydrogen) atoms. The number of ether oxygens (including phenoxy) is 3. The van der Waals surface area contributed by atoms with Crippen LogP contribution in [0.15, 0.2) is 60.7 Å². The van der Waals surface area contributed by atoms with Gasteiger partial charge in [-0.25, -0.2) is 4.79 Å². The fourth-order valence-corrected chi connectivity index (χ4v) is 5.99. The van der Waals surface area contributed by atoms with E-state index in [1.807, 2.05) is 74.8 Å². The van der Waals surface area contributed by atoms with E-state index >= 15 is 0 Å². The van der Waals surface area contributed by atoms with E-state index in [1.165, 1.54) is 0 Å². The maximum Gasteiger partial charge on any atom is 0.352 e. The lowest BCUT2D eigenvalue weighted by molar-refractivity contribution is -0.139. The highest BCUT2D eigenvalue weighted by atomic mass is 16.7. The van der Waals surface area contributed by atoms with Crippen molar-refractivity contribution in [1.29, 1.82) is 0 Å². The van der Waals surface area contributed by atoms with Crippen LogP contribution in [0.3, 0.4) is 0 Å². The summed E-state index contributed by atoms with van der Waals surface area (Å²) in [6, 6.07) is 20.2. The molecule has 1 atom stereocenters. The number of hydrogen-bond donors (Lipinski definition) is 2. The normalized spacial score (nSPS) is 16.5. The maximum absolute atomic E-state index is 12.3. The summed E-state index contributed by atoms with van der Waals surface area (Å²) in [6.07, 6.45) is 1.16. The third-order valence-corrected chi connectivity index (χ3v) is 7.83. The van der Waals surface area contributed by atoms with Gasteiger partial charge in [-0.2, -0.15) is 5.10 Å². The number of aromatic carboxylic acids is 1. The minimum absolute atomic E-state index is 0.0848. The molecule has 2 aromatic heterocycles. The minimum Gasteiger partial charge on any atom is -0.493 e. The van der Waals surface area contributed by atoms with Gasteiger partial charge in [-0.05, 0) is 57.6 Å². The molecule has 1 unspecified atom stereocenters. The Bertz CT molecular complexity index is 1740. The van der Waals surface area contributed by atoms with Crippen LogP contribution in [-0.4, -0.2) is 50.9 Å². The summed E-state index contributed by atoms with van der Waals surface area (Å²) in [7, 11) is 0. The molecule has 3 aromatic carbocycles. The topological polar surface area (TPSA) is 98.6 Å². The first kappa shape index (κ1) is 27.1. The summed E-state index contributed by atoms with van der Waals surface area (Å²) in [4.78, 5) is 15.6. The molecule has 0 spiro atoms. The van der Waals surface area contributed by atoms with Gasteiger partial charge >= 0.3 is 5.97 Å². The molecule has 0 amide bonds. The van der Waals surface area contributed by atoms with Crippen molar-refractivity contribution in [1.82, 2.24) is 14.8 Å². The van der Waals surface area contributed by atoms with Gasteiger partial charge < -0.3 is 24.3 Å². The second-order valence-corrected chi connectivity index (χ2v) is 11.1. The Balaban J connectivity index is 1.26. The first-order valence-corrected chi connectivity index (χ1v) is 14.1. The molecular formula is C33H35N3O5. The van der Waals surface area contributed by atoms with Crippen LogP contribution < -0.4 is 4.74 Å². The smallest absolute Gasteiger partial charge is 0.352 e. The Kier molecular flexibility index (Phi) is 7.05. The van der Waals surface area contributed by atoms with E-state index in [-0.39, 0.29) is 11.8 Å². The first-order valence-electron chi connectivity index (χ1n) is 14.1. The molecule has 1 aliphatic rings. The van der Waals surface area contributed by atoms with Gasteiger partial charge in [0.25, 0.3) is 0 Å². The molecule has 2 N–H and O–H groups in total. The molecular weight excluding hydrogens is 518 g/mol. The van der Waals surface area contributed by atoms with Crippen molar-refractivity contribution < 1.29 is 24.1 Å². The van der Waals surface area contributed by atoms with E-state index in [2.05, 4.69) is 23.2 Å². The van der Waals surface area contributed by atoms with Crippen LogP contribution in [0, 0.1) is 13.8 Å². The lowest BCUT2D eigenvalue weighted by Crippen LogP contribution is -2.24. The lowest BCUT2D eigenvalue weighted by Gasteiger charge is -2.17. The second kappa shape index (κ2) is 10.7. The molecule has 6 rings (SSSR count). The highest BCUT2D eigenvalue weighted by Crippen LogP contribution is 2.36. The Morgan fingerprint density at radius 3 is 2.63 bits per heavy atom. The van der Waals surface area contributed by atoms with Crippen LogP contribution in [0.1, 0.15) is 47.7 Å². The summed E-state index contributed by atoms with van der Waals surface area (Å²) < 4.78 is 19.8. The monoisotopic (exact) mass is 553 g/mol. The number of benzene rings is 3. The number of aryl methyl sites for hydroxylation is 2. The standard InChI is InChI=1S/C33H35N3O5/c1-20-29(21(2)36(35-20)18-23-19-40-33(3,4)41-23)27-14-8-13-25-26(31(32(37)38)34-30(25)27)15-9-17-39-28-16-7-11-22-10-5-6-12-24(22)28/h5-8,10-14,16,23,34H,9,15,17-19H2,1-4H3,(H,37,38). The van der Waals surface area contributed by atoms with Crippen molar-refractivity contribution in [2.45, 2.75) is 59.0 Å². The molecule has 1 saturated heterocycles. The van der Waals surface area contributed by atoms with E-state index in [0.717, 1.165) is 55.5 Å². The lowest BCUT2D eigenvalue weighted by atomic mass is 9.98. The maximum atomic E-state index is 12.3. The van der Waals surface area contributed by atoms with Gasteiger partial charge in [-0.3, -0.25) is 4.68 Å². The third kappa shape index (κ3) is 5.21. The zero-order valence-corrected chi connectivity index (χ0v) is 23.9. The Hall–Kier alpha value is -4.14. The quantitative estimate of drug-likeness (QED) is 0.198. The van der Waals surface area contributed by atoms with Gasteiger partial charge in [0.15, 0.2) is 5.79 Å². The van der Waals surface area contributed by atoms with Gasteiger partial charge in [0, 0.05) is 27.6 Å². The van der Waals surface area contributed by atoms with Crippen molar-refractivity contribution in [3.05, 3.63) is 83.3 Å². The molecule has 212 valence electrons. The summed E-state index contributed by atoms with van der Waals surface area (Å²) in [6.45, 7) is 9.44. The van der Waals surface area contributed by atoms with Crippen LogP contribution in [0.25, 0.3) is 32.8 Å². The van der Waals surface area contributed by atoms with E-state index < -0.39 is 11.8 Å². The zero-order chi connectivity index (χ0) is 28.7. The van der Waals surface area contributed by atoms with Gasteiger partial charge in [0.1, 0.15) is 17.5 Å². The number of carboxylic acid groups (broad SMARTS) is 1. The fourth-order valence-electron chi connectivity index (χ4n) is 5.99. The van der Waals surface area contributed by atoms with E-state index in [1.54, 1.807) is 0 Å². The molecule has 8 nitrogen and oxygen atoms in total. The number of hydrogen-bond acceptors (Lipinski definition) is 5. The molecule has 8 heteroatoms. The van der Waals surface area contributed by atoms with E-state index in [4.69, 9.17) is 19.3 Å². The van der Waals surface area contributed by atoms with Crippen molar-refractivity contribution in [2.24, 2.45) is 0 Å². The molecule has 0 bridgehead atoms. The number of carbonyl (C=O) groups is 1. The molecule has 3 heterocycles. The molecule has 1 aliphatic heterocycles. The molecule has 1 fully saturated rings. The van der Waals surface area contributed by atoms with Crippen LogP contribution in [-0.2, 0) is 22.4 Å². The summed E-state index contributed by atoms with van der Waals surface area (Å²) in [5, 5.41) is 18.0. The van der Waals surface area contributed by atoms with Gasteiger partial charge in [-0.1, -0.05) is 54.6 Å². The van der Waals surface area contributed by atoms with Crippen LogP contribution in [0.4, 0.5) is 0 Å². The summed E-state index contributed by atoms with van der Waals surface area (Å²) in [5.41, 5.74) is 5.63. The highest BCUT2D eigenvalue weighted by Gasteiger charge is 2.33. The highest BCUT2D eigenvalue weighted by molar-refractivity contribution is 6.03. The SMILES string of the molecule is Cc1nn(CC2COC(C)(C)O2)c(C)c1-c1cccc2c(CCCOc3cccc4ccccc34)c(C(=O)O)[nH]c12. The predicted molar refractivity (Wildman–Crippen MR) is 159 cm³/mol. The third-order valence-electron chi connectivity index (χ3n) is 7.83. The largest absolute Gasteiger partial charge is 0.493 e. The van der Waals surface area contributed by atoms with Crippen LogP contribution >= 0.6 is 0 Å². The Morgan fingerprint density at radius 2 is 1.85 bits per heavy atom.